The fourth-order valence-corrected chi connectivity index (χ4v) is 2.27. The van der Waals surface area contributed by atoms with E-state index in [2.05, 4.69) is 32.5 Å². The molecule has 2 radical (unpaired) electrons. The van der Waals surface area contributed by atoms with Gasteiger partial charge in [0.25, 0.3) is 0 Å². The van der Waals surface area contributed by atoms with Crippen LogP contribution in [-0.4, -0.2) is 23.7 Å². The number of anilines is 5. The van der Waals surface area contributed by atoms with E-state index in [0.29, 0.717) is 22.8 Å². The summed E-state index contributed by atoms with van der Waals surface area (Å²) in [6.07, 6.45) is 2.68. The number of hydrogen-bond acceptors (Lipinski definition) is 5. The van der Waals surface area contributed by atoms with Crippen LogP contribution in [0.4, 0.5) is 28.7 Å². The molecule has 0 fully saturated rings. The average molecular weight is 341 g/mol. The number of rotatable bonds is 6. The molecule has 0 bridgehead atoms. The maximum atomic E-state index is 11.4. The van der Waals surface area contributed by atoms with Gasteiger partial charge in [-0.2, -0.15) is 0 Å². The Kier molecular flexibility index (Phi) is 5.29. The van der Waals surface area contributed by atoms with Crippen molar-refractivity contribution in [3.05, 3.63) is 73.6 Å². The topological polar surface area (TPSA) is 78.9 Å². The quantitative estimate of drug-likeness (QED) is 0.475. The number of carbonyl (C=O) groups is 1. The monoisotopic (exact) mass is 341 g/mol. The largest absolute Gasteiger partial charge is 0.340 e. The number of hydrogen-bond donors (Lipinski definition) is 3. The molecule has 26 heavy (non-hydrogen) atoms. The Bertz CT molecular complexity index is 944. The SMILES string of the molecule is [B]c1cccc(Nc2cc(Nc3cccc(NC(=O)C=C)c3)ncn2)c1. The zero-order valence-corrected chi connectivity index (χ0v) is 13.9. The second kappa shape index (κ2) is 7.98. The zero-order chi connectivity index (χ0) is 18.4. The van der Waals surface area contributed by atoms with Crippen LogP contribution in [-0.2, 0) is 4.79 Å². The van der Waals surface area contributed by atoms with Crippen molar-refractivity contribution in [1.82, 2.24) is 9.97 Å². The first kappa shape index (κ1) is 17.2. The van der Waals surface area contributed by atoms with Gasteiger partial charge in [-0.25, -0.2) is 9.97 Å². The van der Waals surface area contributed by atoms with E-state index >= 15 is 0 Å². The number of amides is 1. The highest BCUT2D eigenvalue weighted by molar-refractivity contribution is 6.32. The second-order valence-electron chi connectivity index (χ2n) is 5.44. The van der Waals surface area contributed by atoms with E-state index in [1.165, 1.54) is 12.4 Å². The highest BCUT2D eigenvalue weighted by Crippen LogP contribution is 2.21. The normalized spacial score (nSPS) is 10.0. The fourth-order valence-electron chi connectivity index (χ4n) is 2.27. The number of nitrogens with one attached hydrogen (secondary N) is 3. The summed E-state index contributed by atoms with van der Waals surface area (Å²) in [5.74, 6) is 0.973. The molecular weight excluding hydrogens is 325 g/mol. The van der Waals surface area contributed by atoms with E-state index in [1.54, 1.807) is 18.2 Å². The molecular formula is C19H16BN5O. The molecule has 1 heterocycles. The van der Waals surface area contributed by atoms with Gasteiger partial charge >= 0.3 is 0 Å². The molecule has 3 aromatic rings. The van der Waals surface area contributed by atoms with E-state index < -0.39 is 0 Å². The molecule has 3 N–H and O–H groups in total. The van der Waals surface area contributed by atoms with Crippen molar-refractivity contribution >= 4 is 47.9 Å². The molecule has 0 unspecified atom stereocenters. The van der Waals surface area contributed by atoms with Crippen LogP contribution in [0.5, 0.6) is 0 Å². The molecule has 6 nitrogen and oxygen atoms in total. The number of carbonyl (C=O) groups excluding carboxylic acids is 1. The summed E-state index contributed by atoms with van der Waals surface area (Å²) in [7, 11) is 5.78. The predicted octanol–water partition coefficient (Wildman–Crippen LogP) is 2.88. The molecule has 3 rings (SSSR count). The summed E-state index contributed by atoms with van der Waals surface area (Å²) in [6.45, 7) is 3.44. The summed E-state index contributed by atoms with van der Waals surface area (Å²) in [5, 5.41) is 9.07. The van der Waals surface area contributed by atoms with E-state index in [9.17, 15) is 4.79 Å². The van der Waals surface area contributed by atoms with Crippen molar-refractivity contribution in [1.29, 1.82) is 0 Å². The number of benzene rings is 2. The van der Waals surface area contributed by atoms with Gasteiger partial charge in [-0.1, -0.05) is 30.2 Å². The third-order valence-electron chi connectivity index (χ3n) is 3.41. The van der Waals surface area contributed by atoms with Crippen LogP contribution in [0.15, 0.2) is 73.6 Å². The van der Waals surface area contributed by atoms with Crippen molar-refractivity contribution in [2.45, 2.75) is 0 Å². The van der Waals surface area contributed by atoms with Gasteiger partial charge in [0.05, 0.1) is 0 Å². The second-order valence-corrected chi connectivity index (χ2v) is 5.44. The summed E-state index contributed by atoms with van der Waals surface area (Å²) >= 11 is 0. The molecule has 0 aliphatic carbocycles. The maximum absolute atomic E-state index is 11.4. The van der Waals surface area contributed by atoms with Crippen LogP contribution >= 0.6 is 0 Å². The highest BCUT2D eigenvalue weighted by Gasteiger charge is 2.03. The van der Waals surface area contributed by atoms with Crippen molar-refractivity contribution in [3.63, 3.8) is 0 Å². The lowest BCUT2D eigenvalue weighted by molar-refractivity contribution is -0.111. The van der Waals surface area contributed by atoms with E-state index in [-0.39, 0.29) is 5.91 Å². The lowest BCUT2D eigenvalue weighted by Crippen LogP contribution is -2.07. The van der Waals surface area contributed by atoms with Gasteiger partial charge in [0.15, 0.2) is 0 Å². The Balaban J connectivity index is 1.73. The third-order valence-corrected chi connectivity index (χ3v) is 3.41. The predicted molar refractivity (Wildman–Crippen MR) is 106 cm³/mol. The molecule has 1 aromatic heterocycles. The summed E-state index contributed by atoms with van der Waals surface area (Å²) < 4.78 is 0. The summed E-state index contributed by atoms with van der Waals surface area (Å²) in [5.41, 5.74) is 2.94. The van der Waals surface area contributed by atoms with Gasteiger partial charge in [-0.15, -0.1) is 0 Å². The molecule has 1 amide bonds. The smallest absolute Gasteiger partial charge is 0.247 e. The first-order chi connectivity index (χ1) is 12.6. The van der Waals surface area contributed by atoms with Crippen LogP contribution in [0, 0.1) is 0 Å². The molecule has 0 aliphatic heterocycles. The van der Waals surface area contributed by atoms with E-state index in [4.69, 9.17) is 7.85 Å². The van der Waals surface area contributed by atoms with Gasteiger partial charge in [-0.05, 0) is 36.4 Å². The van der Waals surface area contributed by atoms with E-state index in [0.717, 1.165) is 11.4 Å². The van der Waals surface area contributed by atoms with Gasteiger partial charge in [0, 0.05) is 23.1 Å². The van der Waals surface area contributed by atoms with Crippen LogP contribution in [0.1, 0.15) is 0 Å². The van der Waals surface area contributed by atoms with E-state index in [1.807, 2.05) is 36.4 Å². The van der Waals surface area contributed by atoms with Crippen molar-refractivity contribution in [2.24, 2.45) is 0 Å². The first-order valence-corrected chi connectivity index (χ1v) is 7.87. The van der Waals surface area contributed by atoms with Crippen molar-refractivity contribution < 1.29 is 4.79 Å². The maximum Gasteiger partial charge on any atom is 0.247 e. The Hall–Kier alpha value is -3.61. The molecule has 0 saturated carbocycles. The molecule has 0 saturated heterocycles. The fraction of sp³-hybridized carbons (Fsp3) is 0. The minimum atomic E-state index is -0.266. The molecule has 126 valence electrons. The Morgan fingerprint density at radius 1 is 0.923 bits per heavy atom. The molecule has 0 aliphatic rings. The highest BCUT2D eigenvalue weighted by atomic mass is 16.1. The van der Waals surface area contributed by atoms with Crippen LogP contribution in [0.2, 0.25) is 0 Å². The van der Waals surface area contributed by atoms with Crippen LogP contribution in [0.25, 0.3) is 0 Å². The van der Waals surface area contributed by atoms with Crippen molar-refractivity contribution in [2.75, 3.05) is 16.0 Å². The van der Waals surface area contributed by atoms with Crippen LogP contribution < -0.4 is 21.4 Å². The molecule has 0 atom stereocenters. The van der Waals surface area contributed by atoms with Gasteiger partial charge in [0.2, 0.25) is 5.91 Å². The summed E-state index contributed by atoms with van der Waals surface area (Å²) in [4.78, 5) is 19.8. The number of aromatic nitrogens is 2. The number of nitrogens with zero attached hydrogens (tertiary/aromatic N) is 2. The molecule has 7 heteroatoms. The molecule has 0 spiro atoms. The Labute approximate surface area is 152 Å². The third kappa shape index (κ3) is 4.70. The zero-order valence-electron chi connectivity index (χ0n) is 13.9. The van der Waals surface area contributed by atoms with Gasteiger partial charge in [0.1, 0.15) is 25.8 Å². The minimum absolute atomic E-state index is 0.266. The van der Waals surface area contributed by atoms with Gasteiger partial charge < -0.3 is 16.0 Å². The Morgan fingerprint density at radius 2 is 1.54 bits per heavy atom. The van der Waals surface area contributed by atoms with Crippen molar-refractivity contribution in [3.8, 4) is 0 Å². The van der Waals surface area contributed by atoms with Crippen LogP contribution in [0.3, 0.4) is 0 Å². The Morgan fingerprint density at radius 3 is 2.19 bits per heavy atom. The standard InChI is InChI=1S/C19H16BN5O/c1-2-19(26)25-16-8-4-7-15(10-16)24-18-11-17(21-12-22-18)23-14-6-3-5-13(20)9-14/h2-12H,1H2,(H,25,26)(H2,21,22,23,24). The lowest BCUT2D eigenvalue weighted by Gasteiger charge is -2.10. The molecule has 2 aromatic carbocycles. The van der Waals surface area contributed by atoms with Gasteiger partial charge in [-0.3, -0.25) is 4.79 Å². The average Bonchev–Trinajstić information content (AvgIpc) is 2.62. The minimum Gasteiger partial charge on any atom is -0.340 e. The summed E-state index contributed by atoms with van der Waals surface area (Å²) in [6, 6.07) is 16.5. The first-order valence-electron chi connectivity index (χ1n) is 7.87. The lowest BCUT2D eigenvalue weighted by atomic mass is 9.96.